The third-order valence-electron chi connectivity index (χ3n) is 3.74. The van der Waals surface area contributed by atoms with Crippen LogP contribution in [0.5, 0.6) is 0 Å². The van der Waals surface area contributed by atoms with Crippen molar-refractivity contribution in [2.45, 2.75) is 17.1 Å². The van der Waals surface area contributed by atoms with Crippen LogP contribution in [0.15, 0.2) is 65.6 Å². The van der Waals surface area contributed by atoms with Crippen LogP contribution in [0.3, 0.4) is 0 Å². The zero-order valence-corrected chi connectivity index (χ0v) is 16.5. The van der Waals surface area contributed by atoms with Crippen LogP contribution in [-0.4, -0.2) is 24.0 Å². The molecular weight excluding hydrogens is 380 g/mol. The smallest absolute Gasteiger partial charge is 0.350 e. The number of carbonyl (C=O) groups excluding carboxylic acids is 2. The van der Waals surface area contributed by atoms with Crippen molar-refractivity contribution in [2.75, 3.05) is 12.4 Å². The molecule has 0 bridgehead atoms. The van der Waals surface area contributed by atoms with Crippen molar-refractivity contribution in [1.29, 1.82) is 0 Å². The average molecular weight is 399 g/mol. The predicted octanol–water partition coefficient (Wildman–Crippen LogP) is 4.71. The summed E-state index contributed by atoms with van der Waals surface area (Å²) in [4.78, 5) is 30.4. The molecule has 0 spiro atoms. The monoisotopic (exact) mass is 398 g/mol. The van der Waals surface area contributed by atoms with E-state index in [-0.39, 0.29) is 5.91 Å². The molecule has 0 saturated heterocycles. The number of aryl methyl sites for hydroxylation is 1. The molecule has 0 fully saturated rings. The van der Waals surface area contributed by atoms with Gasteiger partial charge in [-0.3, -0.25) is 4.79 Å². The van der Waals surface area contributed by atoms with Crippen molar-refractivity contribution < 1.29 is 14.3 Å². The molecule has 2 aromatic carbocycles. The molecule has 1 aromatic heterocycles. The second-order valence-electron chi connectivity index (χ2n) is 5.64. The number of benzene rings is 2. The normalized spacial score (nSPS) is 11.6. The van der Waals surface area contributed by atoms with E-state index in [1.165, 1.54) is 18.9 Å². The molecule has 5 nitrogen and oxygen atoms in total. The number of thiazole rings is 1. The highest BCUT2D eigenvalue weighted by Crippen LogP contribution is 2.36. The lowest BCUT2D eigenvalue weighted by molar-refractivity contribution is -0.115. The zero-order chi connectivity index (χ0) is 19.2. The molecule has 1 atom stereocenters. The fraction of sp³-hybridized carbons (Fsp3) is 0.150. The molecule has 27 heavy (non-hydrogen) atoms. The Morgan fingerprint density at radius 1 is 1.07 bits per heavy atom. The first-order valence-corrected chi connectivity index (χ1v) is 9.91. The minimum absolute atomic E-state index is 0.194. The predicted molar refractivity (Wildman–Crippen MR) is 108 cm³/mol. The van der Waals surface area contributed by atoms with Gasteiger partial charge in [0, 0.05) is 4.90 Å². The number of hydrogen-bond donors (Lipinski definition) is 1. The molecule has 1 amide bonds. The molecule has 7 heteroatoms. The lowest BCUT2D eigenvalue weighted by Crippen LogP contribution is -2.18. The molecule has 1 unspecified atom stereocenters. The number of carbonyl (C=O) groups is 2. The van der Waals surface area contributed by atoms with E-state index in [0.29, 0.717) is 15.7 Å². The Morgan fingerprint density at radius 3 is 2.33 bits per heavy atom. The first kappa shape index (κ1) is 19.1. The summed E-state index contributed by atoms with van der Waals surface area (Å²) in [7, 11) is 1.32. The van der Waals surface area contributed by atoms with Gasteiger partial charge in [0.2, 0.25) is 5.91 Å². The largest absolute Gasteiger partial charge is 0.465 e. The number of anilines is 1. The quantitative estimate of drug-likeness (QED) is 0.481. The Kier molecular flexibility index (Phi) is 6.26. The number of amides is 1. The number of nitrogens with one attached hydrogen (secondary N) is 1. The average Bonchev–Trinajstić information content (AvgIpc) is 3.07. The van der Waals surface area contributed by atoms with Crippen LogP contribution in [0.4, 0.5) is 5.13 Å². The highest BCUT2D eigenvalue weighted by molar-refractivity contribution is 8.00. The van der Waals surface area contributed by atoms with E-state index < -0.39 is 11.2 Å². The molecule has 0 aliphatic carbocycles. The molecule has 1 N–H and O–H groups in total. The number of aromatic nitrogens is 1. The number of ether oxygens (including phenoxy) is 1. The fourth-order valence-electron chi connectivity index (χ4n) is 2.44. The summed E-state index contributed by atoms with van der Waals surface area (Å²) < 4.78 is 4.75. The summed E-state index contributed by atoms with van der Waals surface area (Å²) in [6.45, 7) is 1.71. The topological polar surface area (TPSA) is 68.3 Å². The van der Waals surface area contributed by atoms with Gasteiger partial charge in [-0.05, 0) is 24.6 Å². The van der Waals surface area contributed by atoms with Gasteiger partial charge in [0.05, 0.1) is 12.8 Å². The number of methoxy groups -OCH3 is 1. The van der Waals surface area contributed by atoms with E-state index in [0.717, 1.165) is 21.8 Å². The van der Waals surface area contributed by atoms with Crippen LogP contribution in [0.1, 0.15) is 26.2 Å². The van der Waals surface area contributed by atoms with Gasteiger partial charge < -0.3 is 10.1 Å². The Bertz CT molecular complexity index is 927. The van der Waals surface area contributed by atoms with Gasteiger partial charge in [-0.1, -0.05) is 59.9 Å². The summed E-state index contributed by atoms with van der Waals surface area (Å²) in [5, 5.41) is 2.78. The summed E-state index contributed by atoms with van der Waals surface area (Å²) in [5.41, 5.74) is 1.43. The van der Waals surface area contributed by atoms with E-state index in [1.807, 2.05) is 60.7 Å². The molecule has 3 aromatic rings. The Hall–Kier alpha value is -2.64. The first-order chi connectivity index (χ1) is 13.1. The minimum Gasteiger partial charge on any atom is -0.465 e. The van der Waals surface area contributed by atoms with Crippen LogP contribution in [-0.2, 0) is 9.53 Å². The third-order valence-corrected chi connectivity index (χ3v) is 6.05. The second-order valence-corrected chi connectivity index (χ2v) is 7.81. The molecule has 0 aliphatic rings. The SMILES string of the molecule is COC(=O)c1sc(NC(=O)C(Sc2ccccc2)c2ccccc2)nc1C. The van der Waals surface area contributed by atoms with Gasteiger partial charge in [0.1, 0.15) is 10.1 Å². The lowest BCUT2D eigenvalue weighted by atomic mass is 10.1. The number of rotatable bonds is 6. The van der Waals surface area contributed by atoms with Crippen molar-refractivity contribution in [3.8, 4) is 0 Å². The van der Waals surface area contributed by atoms with Crippen molar-refractivity contribution in [1.82, 2.24) is 4.98 Å². The molecule has 0 saturated carbocycles. The van der Waals surface area contributed by atoms with E-state index in [9.17, 15) is 9.59 Å². The zero-order valence-electron chi connectivity index (χ0n) is 14.8. The molecule has 1 heterocycles. The Morgan fingerprint density at radius 2 is 1.70 bits per heavy atom. The maximum absolute atomic E-state index is 13.0. The third kappa shape index (κ3) is 4.75. The van der Waals surface area contributed by atoms with E-state index in [1.54, 1.807) is 6.92 Å². The van der Waals surface area contributed by atoms with E-state index in [2.05, 4.69) is 10.3 Å². The molecule has 0 aliphatic heterocycles. The fourth-order valence-corrected chi connectivity index (χ4v) is 4.37. The van der Waals surface area contributed by atoms with Crippen LogP contribution >= 0.6 is 23.1 Å². The highest BCUT2D eigenvalue weighted by atomic mass is 32.2. The van der Waals surface area contributed by atoms with Gasteiger partial charge in [0.15, 0.2) is 5.13 Å². The van der Waals surface area contributed by atoms with Crippen molar-refractivity contribution in [3.63, 3.8) is 0 Å². The summed E-state index contributed by atoms with van der Waals surface area (Å²) in [5.74, 6) is -0.649. The summed E-state index contributed by atoms with van der Waals surface area (Å²) in [6.07, 6.45) is 0. The first-order valence-electron chi connectivity index (χ1n) is 8.21. The standard InChI is InChI=1S/C20H18N2O3S2/c1-13-16(19(24)25-2)27-20(21-13)22-18(23)17(14-9-5-3-6-10-14)26-15-11-7-4-8-12-15/h3-12,17H,1-2H3,(H,21,22,23). The van der Waals surface area contributed by atoms with Crippen molar-refractivity contribution in [2.24, 2.45) is 0 Å². The van der Waals surface area contributed by atoms with Gasteiger partial charge in [0.25, 0.3) is 0 Å². The van der Waals surface area contributed by atoms with Crippen molar-refractivity contribution >= 4 is 40.1 Å². The van der Waals surface area contributed by atoms with Gasteiger partial charge in [-0.25, -0.2) is 9.78 Å². The number of thioether (sulfide) groups is 1. The molecular formula is C20H18N2O3S2. The highest BCUT2D eigenvalue weighted by Gasteiger charge is 2.24. The van der Waals surface area contributed by atoms with Gasteiger partial charge in [-0.2, -0.15) is 0 Å². The van der Waals surface area contributed by atoms with Crippen LogP contribution in [0.2, 0.25) is 0 Å². The lowest BCUT2D eigenvalue weighted by Gasteiger charge is -2.16. The number of hydrogen-bond acceptors (Lipinski definition) is 6. The van der Waals surface area contributed by atoms with Crippen LogP contribution < -0.4 is 5.32 Å². The van der Waals surface area contributed by atoms with Gasteiger partial charge >= 0.3 is 5.97 Å². The second kappa shape index (κ2) is 8.83. The Balaban J connectivity index is 1.84. The maximum Gasteiger partial charge on any atom is 0.350 e. The molecule has 3 rings (SSSR count). The number of nitrogens with zero attached hydrogens (tertiary/aromatic N) is 1. The van der Waals surface area contributed by atoms with E-state index in [4.69, 9.17) is 4.74 Å². The molecule has 138 valence electrons. The van der Waals surface area contributed by atoms with Crippen LogP contribution in [0.25, 0.3) is 0 Å². The minimum atomic E-state index is -0.455. The van der Waals surface area contributed by atoms with E-state index >= 15 is 0 Å². The summed E-state index contributed by atoms with van der Waals surface area (Å²) >= 11 is 2.58. The molecule has 0 radical (unpaired) electrons. The Labute approximate surface area is 165 Å². The number of esters is 1. The summed E-state index contributed by atoms with van der Waals surface area (Å²) in [6, 6.07) is 19.3. The maximum atomic E-state index is 13.0. The van der Waals surface area contributed by atoms with Crippen LogP contribution in [0, 0.1) is 6.92 Å². The van der Waals surface area contributed by atoms with Gasteiger partial charge in [-0.15, -0.1) is 11.8 Å². The van der Waals surface area contributed by atoms with Crippen molar-refractivity contribution in [3.05, 3.63) is 76.8 Å².